The van der Waals surface area contributed by atoms with Crippen LogP contribution in [0.5, 0.6) is 0 Å². The topological polar surface area (TPSA) is 84.2 Å². The monoisotopic (exact) mass is 287 g/mol. The van der Waals surface area contributed by atoms with E-state index >= 15 is 0 Å². The van der Waals surface area contributed by atoms with E-state index in [2.05, 4.69) is 9.71 Å². The Bertz CT molecular complexity index is 617. The number of nitrogens with one attached hydrogen (secondary N) is 1. The van der Waals surface area contributed by atoms with Crippen LogP contribution in [0.3, 0.4) is 0 Å². The van der Waals surface area contributed by atoms with Gasteiger partial charge in [0.2, 0.25) is 10.0 Å². The van der Waals surface area contributed by atoms with Crippen LogP contribution in [-0.4, -0.2) is 23.1 Å². The maximum atomic E-state index is 12.0. The minimum Gasteiger partial charge on any atom is -0.390 e. The molecule has 0 saturated heterocycles. The molecule has 2 aromatic rings. The number of aromatic nitrogens is 2. The standard InChI is InChI=1S/C10H13N3O3S2/c1-13-6-9(4-8(13)7-14)18(15,16)12-5-10-11-2-3-17-10/h2-4,6,12,14H,5,7H2,1H3. The van der Waals surface area contributed by atoms with Gasteiger partial charge in [0.05, 0.1) is 18.0 Å². The molecule has 0 atom stereocenters. The van der Waals surface area contributed by atoms with Gasteiger partial charge in [-0.2, -0.15) is 0 Å². The fourth-order valence-corrected chi connectivity index (χ4v) is 3.19. The van der Waals surface area contributed by atoms with Crippen molar-refractivity contribution in [1.29, 1.82) is 0 Å². The first-order valence-corrected chi connectivity index (χ1v) is 7.53. The molecule has 2 N–H and O–H groups in total. The minimum atomic E-state index is -3.56. The summed E-state index contributed by atoms with van der Waals surface area (Å²) >= 11 is 1.39. The van der Waals surface area contributed by atoms with Crippen molar-refractivity contribution in [3.8, 4) is 0 Å². The summed E-state index contributed by atoms with van der Waals surface area (Å²) in [6.07, 6.45) is 3.09. The van der Waals surface area contributed by atoms with Crippen LogP contribution in [0.1, 0.15) is 10.7 Å². The minimum absolute atomic E-state index is 0.144. The normalized spacial score (nSPS) is 11.9. The third kappa shape index (κ3) is 2.78. The van der Waals surface area contributed by atoms with Crippen molar-refractivity contribution in [2.75, 3.05) is 0 Å². The van der Waals surface area contributed by atoms with Crippen LogP contribution < -0.4 is 4.72 Å². The molecule has 0 spiro atoms. The average Bonchev–Trinajstić information content (AvgIpc) is 2.95. The Kier molecular flexibility index (Phi) is 3.81. The van der Waals surface area contributed by atoms with Gasteiger partial charge in [-0.1, -0.05) is 0 Å². The first kappa shape index (κ1) is 13.2. The highest BCUT2D eigenvalue weighted by Gasteiger charge is 2.17. The Morgan fingerprint density at radius 3 is 2.89 bits per heavy atom. The molecule has 98 valence electrons. The molecule has 0 aliphatic heterocycles. The number of rotatable bonds is 5. The molecule has 0 aliphatic carbocycles. The van der Waals surface area contributed by atoms with Gasteiger partial charge >= 0.3 is 0 Å². The Hall–Kier alpha value is -1.22. The maximum absolute atomic E-state index is 12.0. The van der Waals surface area contributed by atoms with E-state index in [-0.39, 0.29) is 18.0 Å². The summed E-state index contributed by atoms with van der Waals surface area (Å²) in [5.41, 5.74) is 0.546. The summed E-state index contributed by atoms with van der Waals surface area (Å²) in [4.78, 5) is 4.14. The molecule has 0 bridgehead atoms. The zero-order valence-corrected chi connectivity index (χ0v) is 11.3. The third-order valence-electron chi connectivity index (χ3n) is 2.45. The number of hydrogen-bond acceptors (Lipinski definition) is 5. The van der Waals surface area contributed by atoms with Crippen LogP contribution in [0.25, 0.3) is 0 Å². The molecule has 0 radical (unpaired) electrons. The number of aryl methyl sites for hydroxylation is 1. The van der Waals surface area contributed by atoms with Gasteiger partial charge in [-0.3, -0.25) is 0 Å². The molecule has 18 heavy (non-hydrogen) atoms. The quantitative estimate of drug-likeness (QED) is 0.836. The second-order valence-corrected chi connectivity index (χ2v) is 6.43. The van der Waals surface area contributed by atoms with Gasteiger partial charge in [0.15, 0.2) is 0 Å². The predicted molar refractivity (Wildman–Crippen MR) is 67.5 cm³/mol. The lowest BCUT2D eigenvalue weighted by molar-refractivity contribution is 0.272. The van der Waals surface area contributed by atoms with Crippen molar-refractivity contribution < 1.29 is 13.5 Å². The second kappa shape index (κ2) is 5.19. The van der Waals surface area contributed by atoms with E-state index in [1.807, 2.05) is 0 Å². The van der Waals surface area contributed by atoms with Crippen molar-refractivity contribution in [2.45, 2.75) is 18.0 Å². The number of thiazole rings is 1. The Morgan fingerprint density at radius 2 is 2.33 bits per heavy atom. The molecule has 2 aromatic heterocycles. The van der Waals surface area contributed by atoms with Gasteiger partial charge in [0, 0.05) is 30.5 Å². The van der Waals surface area contributed by atoms with Crippen LogP contribution in [0.4, 0.5) is 0 Å². The zero-order chi connectivity index (χ0) is 13.2. The highest BCUT2D eigenvalue weighted by atomic mass is 32.2. The van der Waals surface area contributed by atoms with Crippen molar-refractivity contribution in [1.82, 2.24) is 14.3 Å². The molecule has 6 nitrogen and oxygen atoms in total. The van der Waals surface area contributed by atoms with E-state index in [4.69, 9.17) is 5.11 Å². The molecule has 0 fully saturated rings. The van der Waals surface area contributed by atoms with Crippen LogP contribution in [0.2, 0.25) is 0 Å². The van der Waals surface area contributed by atoms with Crippen LogP contribution in [0, 0.1) is 0 Å². The summed E-state index contributed by atoms with van der Waals surface area (Å²) in [7, 11) is -1.88. The molecule has 0 unspecified atom stereocenters. The van der Waals surface area contributed by atoms with E-state index in [1.165, 1.54) is 23.6 Å². The van der Waals surface area contributed by atoms with E-state index in [0.29, 0.717) is 10.7 Å². The Balaban J connectivity index is 2.14. The Labute approximate surface area is 109 Å². The molecule has 8 heteroatoms. The molecular formula is C10H13N3O3S2. The fraction of sp³-hybridized carbons (Fsp3) is 0.300. The summed E-state index contributed by atoms with van der Waals surface area (Å²) < 4.78 is 28.0. The SMILES string of the molecule is Cn1cc(S(=O)(=O)NCc2nccs2)cc1CO. The third-order valence-corrected chi connectivity index (χ3v) is 4.60. The summed E-state index contributed by atoms with van der Waals surface area (Å²) in [6, 6.07) is 1.45. The fourth-order valence-electron chi connectivity index (χ4n) is 1.46. The largest absolute Gasteiger partial charge is 0.390 e. The Morgan fingerprint density at radius 1 is 1.56 bits per heavy atom. The van der Waals surface area contributed by atoms with E-state index in [9.17, 15) is 8.42 Å². The van der Waals surface area contributed by atoms with Crippen LogP contribution >= 0.6 is 11.3 Å². The highest BCUT2D eigenvalue weighted by molar-refractivity contribution is 7.89. The van der Waals surface area contributed by atoms with Crippen LogP contribution in [0.15, 0.2) is 28.7 Å². The van der Waals surface area contributed by atoms with Crippen molar-refractivity contribution >= 4 is 21.4 Å². The van der Waals surface area contributed by atoms with Gasteiger partial charge in [0.1, 0.15) is 5.01 Å². The molecule has 0 aliphatic rings. The number of nitrogens with zero attached hydrogens (tertiary/aromatic N) is 2. The lowest BCUT2D eigenvalue weighted by Gasteiger charge is -2.02. The summed E-state index contributed by atoms with van der Waals surface area (Å²) in [5.74, 6) is 0. The molecule has 0 saturated carbocycles. The number of hydrogen-bond donors (Lipinski definition) is 2. The number of sulfonamides is 1. The van der Waals surface area contributed by atoms with Crippen molar-refractivity contribution in [3.05, 3.63) is 34.5 Å². The predicted octanol–water partition coefficient (Wildman–Crippen LogP) is 0.452. The van der Waals surface area contributed by atoms with Crippen molar-refractivity contribution in [3.63, 3.8) is 0 Å². The molecule has 0 amide bonds. The smallest absolute Gasteiger partial charge is 0.242 e. The molecule has 2 heterocycles. The average molecular weight is 287 g/mol. The lowest BCUT2D eigenvalue weighted by Crippen LogP contribution is -2.22. The zero-order valence-electron chi connectivity index (χ0n) is 9.70. The summed E-state index contributed by atoms with van der Waals surface area (Å²) in [6.45, 7) is -0.0259. The van der Waals surface area contributed by atoms with Crippen LogP contribution in [-0.2, 0) is 30.2 Å². The van der Waals surface area contributed by atoms with Gasteiger partial charge in [-0.25, -0.2) is 18.1 Å². The van der Waals surface area contributed by atoms with E-state index < -0.39 is 10.0 Å². The highest BCUT2D eigenvalue weighted by Crippen LogP contribution is 2.14. The van der Waals surface area contributed by atoms with E-state index in [0.717, 1.165) is 0 Å². The maximum Gasteiger partial charge on any atom is 0.242 e. The van der Waals surface area contributed by atoms with Gasteiger partial charge in [-0.15, -0.1) is 11.3 Å². The van der Waals surface area contributed by atoms with Gasteiger partial charge in [0.25, 0.3) is 0 Å². The van der Waals surface area contributed by atoms with Gasteiger partial charge in [-0.05, 0) is 6.07 Å². The first-order chi connectivity index (χ1) is 8.53. The first-order valence-electron chi connectivity index (χ1n) is 5.17. The summed E-state index contributed by atoms with van der Waals surface area (Å²) in [5, 5.41) is 11.5. The van der Waals surface area contributed by atoms with Crippen molar-refractivity contribution in [2.24, 2.45) is 7.05 Å². The second-order valence-electron chi connectivity index (χ2n) is 3.69. The van der Waals surface area contributed by atoms with Gasteiger partial charge < -0.3 is 9.67 Å². The number of aliphatic hydroxyl groups excluding tert-OH is 1. The lowest BCUT2D eigenvalue weighted by atomic mass is 10.5. The molecule has 2 rings (SSSR count). The molecular weight excluding hydrogens is 274 g/mol. The molecule has 0 aromatic carbocycles. The van der Waals surface area contributed by atoms with E-state index in [1.54, 1.807) is 23.2 Å². The number of aliphatic hydroxyl groups is 1.